The van der Waals surface area contributed by atoms with Gasteiger partial charge in [-0.15, -0.1) is 0 Å². The monoisotopic (exact) mass is 370 g/mol. The van der Waals surface area contributed by atoms with Crippen LogP contribution in [-0.2, 0) is 23.9 Å². The fraction of sp³-hybridized carbons (Fsp3) is 0.778. The zero-order valence-electron chi connectivity index (χ0n) is 16.2. The molecule has 26 heavy (non-hydrogen) atoms. The predicted molar refractivity (Wildman–Crippen MR) is 94.0 cm³/mol. The number of carbonyl (C=O) groups is 4. The Labute approximate surface area is 154 Å². The Balaban J connectivity index is 2.82. The minimum absolute atomic E-state index is 0.0554. The van der Waals surface area contributed by atoms with Crippen molar-refractivity contribution in [1.82, 2.24) is 10.6 Å². The lowest BCUT2D eigenvalue weighted by atomic mass is 9.85. The molecule has 0 unspecified atom stereocenters. The van der Waals surface area contributed by atoms with Gasteiger partial charge in [0, 0.05) is 0 Å². The maximum atomic E-state index is 12.6. The van der Waals surface area contributed by atoms with Gasteiger partial charge in [0.05, 0.1) is 0 Å². The molecule has 148 valence electrons. The molecule has 1 aliphatic heterocycles. The number of rotatable bonds is 9. The molecule has 1 aliphatic rings. The lowest BCUT2D eigenvalue weighted by Gasteiger charge is -2.37. The zero-order chi connectivity index (χ0) is 20.2. The second-order valence-corrected chi connectivity index (χ2v) is 7.57. The first-order valence-electron chi connectivity index (χ1n) is 9.05. The fourth-order valence-corrected chi connectivity index (χ4v) is 2.86. The first-order valence-corrected chi connectivity index (χ1v) is 9.05. The van der Waals surface area contributed by atoms with Crippen molar-refractivity contribution in [2.75, 3.05) is 0 Å². The van der Waals surface area contributed by atoms with Gasteiger partial charge in [-0.1, -0.05) is 48.0 Å². The highest BCUT2D eigenvalue weighted by Gasteiger charge is 2.49. The van der Waals surface area contributed by atoms with E-state index in [9.17, 15) is 24.3 Å². The molecule has 1 fully saturated rings. The van der Waals surface area contributed by atoms with E-state index in [1.807, 2.05) is 20.8 Å². The molecule has 2 amide bonds. The first kappa shape index (κ1) is 21.9. The van der Waals surface area contributed by atoms with Crippen LogP contribution in [0.1, 0.15) is 48.0 Å². The lowest BCUT2D eigenvalue weighted by molar-refractivity contribution is -0.193. The van der Waals surface area contributed by atoms with E-state index < -0.39 is 47.9 Å². The Hall–Kier alpha value is -2.12. The summed E-state index contributed by atoms with van der Waals surface area (Å²) in [5, 5.41) is 14.4. The van der Waals surface area contributed by atoms with Crippen molar-refractivity contribution in [1.29, 1.82) is 0 Å². The summed E-state index contributed by atoms with van der Waals surface area (Å²) in [5.41, 5.74) is 0. The summed E-state index contributed by atoms with van der Waals surface area (Å²) in [4.78, 5) is 47.9. The maximum Gasteiger partial charge on any atom is 0.326 e. The Morgan fingerprint density at radius 1 is 1.08 bits per heavy atom. The lowest BCUT2D eigenvalue weighted by Crippen LogP contribution is -2.61. The van der Waals surface area contributed by atoms with Crippen molar-refractivity contribution in [2.45, 2.75) is 66.2 Å². The molecule has 0 saturated carbocycles. The quantitative estimate of drug-likeness (QED) is 0.519. The summed E-state index contributed by atoms with van der Waals surface area (Å²) in [6, 6.07) is -1.95. The van der Waals surface area contributed by atoms with Crippen LogP contribution in [0.5, 0.6) is 0 Å². The molecule has 0 aromatic rings. The van der Waals surface area contributed by atoms with Gasteiger partial charge in [0.25, 0.3) is 5.91 Å². The number of hydrogen-bond donors (Lipinski definition) is 3. The third-order valence-electron chi connectivity index (χ3n) is 4.84. The third kappa shape index (κ3) is 4.95. The molecule has 0 bridgehead atoms. The number of ether oxygens (including phenoxy) is 1. The van der Waals surface area contributed by atoms with Crippen molar-refractivity contribution in [3.8, 4) is 0 Å². The normalized spacial score (nSPS) is 22.8. The fourth-order valence-electron chi connectivity index (χ4n) is 2.86. The van der Waals surface area contributed by atoms with E-state index in [4.69, 9.17) is 4.74 Å². The van der Waals surface area contributed by atoms with E-state index >= 15 is 0 Å². The molecule has 8 heteroatoms. The van der Waals surface area contributed by atoms with Crippen LogP contribution >= 0.6 is 0 Å². The Morgan fingerprint density at radius 3 is 2.04 bits per heavy atom. The molecule has 0 aliphatic carbocycles. The van der Waals surface area contributed by atoms with E-state index in [0.29, 0.717) is 6.42 Å². The van der Waals surface area contributed by atoms with Gasteiger partial charge < -0.3 is 20.5 Å². The smallest absolute Gasteiger partial charge is 0.326 e. The topological polar surface area (TPSA) is 122 Å². The summed E-state index contributed by atoms with van der Waals surface area (Å²) in [6.07, 6.45) is -0.328. The van der Waals surface area contributed by atoms with Crippen LogP contribution in [0.3, 0.4) is 0 Å². The average Bonchev–Trinajstić information content (AvgIpc) is 2.52. The average molecular weight is 370 g/mol. The molecule has 0 radical (unpaired) electrons. The summed E-state index contributed by atoms with van der Waals surface area (Å²) in [7, 11) is 0. The second-order valence-electron chi connectivity index (χ2n) is 7.57. The molecule has 0 spiro atoms. The highest BCUT2D eigenvalue weighted by Crippen LogP contribution is 2.29. The molecule has 1 rings (SSSR count). The standard InChI is InChI=1S/C18H30N2O6/c1-7-10(6)13(17(23)24)20-15(21)12(9(4)5)19-16(22)14-11(8(2)3)18(25)26-14/h8-14H,7H2,1-6H3,(H,19,22)(H,20,21)(H,23,24)/t10-,11+,12-,13-,14+/m0/s1. The van der Waals surface area contributed by atoms with Crippen LogP contribution in [0.25, 0.3) is 0 Å². The van der Waals surface area contributed by atoms with Crippen molar-refractivity contribution in [2.24, 2.45) is 23.7 Å². The van der Waals surface area contributed by atoms with Crippen LogP contribution in [-0.4, -0.2) is 47.0 Å². The first-order chi connectivity index (χ1) is 12.0. The van der Waals surface area contributed by atoms with Crippen molar-refractivity contribution in [3.63, 3.8) is 0 Å². The summed E-state index contributed by atoms with van der Waals surface area (Å²) in [6.45, 7) is 10.7. The van der Waals surface area contributed by atoms with Crippen LogP contribution in [0.15, 0.2) is 0 Å². The van der Waals surface area contributed by atoms with Crippen LogP contribution in [0, 0.1) is 23.7 Å². The van der Waals surface area contributed by atoms with Gasteiger partial charge in [0.15, 0.2) is 6.10 Å². The van der Waals surface area contributed by atoms with Gasteiger partial charge >= 0.3 is 11.9 Å². The number of aliphatic carboxylic acids is 1. The molecule has 8 nitrogen and oxygen atoms in total. The van der Waals surface area contributed by atoms with Crippen molar-refractivity contribution < 1.29 is 29.0 Å². The minimum Gasteiger partial charge on any atom is -0.480 e. The number of esters is 1. The van der Waals surface area contributed by atoms with Crippen molar-refractivity contribution >= 4 is 23.8 Å². The van der Waals surface area contributed by atoms with Crippen molar-refractivity contribution in [3.05, 3.63) is 0 Å². The van der Waals surface area contributed by atoms with E-state index in [1.165, 1.54) is 0 Å². The Morgan fingerprint density at radius 2 is 1.65 bits per heavy atom. The number of carboxylic acid groups (broad SMARTS) is 1. The number of nitrogens with one attached hydrogen (secondary N) is 2. The van der Waals surface area contributed by atoms with Gasteiger partial charge in [-0.3, -0.25) is 14.4 Å². The zero-order valence-corrected chi connectivity index (χ0v) is 16.2. The van der Waals surface area contributed by atoms with Gasteiger partial charge in [-0.25, -0.2) is 4.79 Å². The van der Waals surface area contributed by atoms with Crippen LogP contribution in [0.4, 0.5) is 0 Å². The summed E-state index contributed by atoms with van der Waals surface area (Å²) >= 11 is 0. The molecule has 5 atom stereocenters. The van der Waals surface area contributed by atoms with E-state index in [2.05, 4.69) is 10.6 Å². The molecule has 1 heterocycles. The number of amides is 2. The largest absolute Gasteiger partial charge is 0.480 e. The van der Waals surface area contributed by atoms with Crippen LogP contribution in [0.2, 0.25) is 0 Å². The van der Waals surface area contributed by atoms with Gasteiger partial charge in [0.2, 0.25) is 5.91 Å². The third-order valence-corrected chi connectivity index (χ3v) is 4.84. The molecular weight excluding hydrogens is 340 g/mol. The number of carboxylic acids is 1. The van der Waals surface area contributed by atoms with Gasteiger partial charge in [-0.05, 0) is 17.8 Å². The number of cyclic esters (lactones) is 1. The highest BCUT2D eigenvalue weighted by atomic mass is 16.6. The van der Waals surface area contributed by atoms with E-state index in [1.54, 1.807) is 20.8 Å². The second kappa shape index (κ2) is 9.00. The predicted octanol–water partition coefficient (Wildman–Crippen LogP) is 0.940. The van der Waals surface area contributed by atoms with E-state index in [0.717, 1.165) is 0 Å². The minimum atomic E-state index is -1.12. The van der Waals surface area contributed by atoms with Gasteiger partial charge in [0.1, 0.15) is 18.0 Å². The molecule has 0 aromatic heterocycles. The number of carbonyl (C=O) groups excluding carboxylic acids is 3. The van der Waals surface area contributed by atoms with Crippen LogP contribution < -0.4 is 10.6 Å². The molecule has 1 saturated heterocycles. The maximum absolute atomic E-state index is 12.6. The number of hydrogen-bond acceptors (Lipinski definition) is 5. The highest BCUT2D eigenvalue weighted by molar-refractivity contribution is 5.97. The molecule has 3 N–H and O–H groups in total. The Kier molecular flexibility index (Phi) is 7.59. The Bertz CT molecular complexity index is 560. The summed E-state index contributed by atoms with van der Waals surface area (Å²) < 4.78 is 4.93. The van der Waals surface area contributed by atoms with E-state index in [-0.39, 0.29) is 17.8 Å². The SMILES string of the molecule is CC[C@H](C)[C@H](NC(=O)[C@@H](NC(=O)[C@@H]1OC(=O)[C@@H]1C(C)C)C(C)C)C(=O)O. The molecular formula is C18H30N2O6. The van der Waals surface area contributed by atoms with Gasteiger partial charge in [-0.2, -0.15) is 0 Å². The summed E-state index contributed by atoms with van der Waals surface area (Å²) in [5.74, 6) is -3.74. The molecule has 0 aromatic carbocycles.